The molecule has 3 aliphatic rings. The van der Waals surface area contributed by atoms with Crippen molar-refractivity contribution in [3.8, 4) is 10.4 Å². The quantitative estimate of drug-likeness (QED) is 0.740. The van der Waals surface area contributed by atoms with Crippen molar-refractivity contribution in [1.82, 2.24) is 0 Å². The van der Waals surface area contributed by atoms with E-state index in [1.807, 2.05) is 24.3 Å². The fourth-order valence-corrected chi connectivity index (χ4v) is 5.14. The summed E-state index contributed by atoms with van der Waals surface area (Å²) in [6.07, 6.45) is 2.07. The SMILES string of the molecule is Cc1cc(NC(=O)O[C@H]2C[N+]3(C)CCC2CC3)c(-c2ccccc2)s1.[Br-]. The van der Waals surface area contributed by atoms with Crippen molar-refractivity contribution in [3.05, 3.63) is 41.3 Å². The van der Waals surface area contributed by atoms with Crippen molar-refractivity contribution in [3.63, 3.8) is 0 Å². The molecule has 0 unspecified atom stereocenters. The van der Waals surface area contributed by atoms with Crippen LogP contribution >= 0.6 is 11.3 Å². The maximum absolute atomic E-state index is 12.5. The molecular formula is C20H25BrN2O2S. The second-order valence-corrected chi connectivity index (χ2v) is 8.88. The Balaban J connectivity index is 0.00000196. The monoisotopic (exact) mass is 436 g/mol. The minimum absolute atomic E-state index is 0. The minimum Gasteiger partial charge on any atom is -1.00 e. The lowest BCUT2D eigenvalue weighted by molar-refractivity contribution is -0.928. The van der Waals surface area contributed by atoms with Crippen molar-refractivity contribution in [1.29, 1.82) is 0 Å². The second-order valence-electron chi connectivity index (χ2n) is 7.62. The fourth-order valence-electron chi connectivity index (χ4n) is 4.17. The van der Waals surface area contributed by atoms with Crippen molar-refractivity contribution in [2.75, 3.05) is 32.0 Å². The zero-order valence-electron chi connectivity index (χ0n) is 15.2. The Morgan fingerprint density at radius 3 is 2.58 bits per heavy atom. The van der Waals surface area contributed by atoms with Gasteiger partial charge in [0.05, 0.1) is 30.7 Å². The molecule has 1 atom stereocenters. The zero-order valence-corrected chi connectivity index (χ0v) is 17.6. The third-order valence-corrected chi connectivity index (χ3v) is 6.71. The van der Waals surface area contributed by atoms with Gasteiger partial charge in [0.25, 0.3) is 0 Å². The van der Waals surface area contributed by atoms with Crippen molar-refractivity contribution in [2.24, 2.45) is 5.92 Å². The molecule has 2 bridgehead atoms. The topological polar surface area (TPSA) is 38.3 Å². The number of anilines is 1. The van der Waals surface area contributed by atoms with Gasteiger partial charge in [-0.05, 0) is 18.6 Å². The Labute approximate surface area is 169 Å². The molecule has 26 heavy (non-hydrogen) atoms. The molecule has 1 aromatic heterocycles. The summed E-state index contributed by atoms with van der Waals surface area (Å²) < 4.78 is 6.88. The van der Waals surface area contributed by atoms with E-state index in [0.717, 1.165) is 27.2 Å². The van der Waals surface area contributed by atoms with E-state index in [1.165, 1.54) is 30.8 Å². The van der Waals surface area contributed by atoms with Gasteiger partial charge in [-0.3, -0.25) is 5.32 Å². The number of likely N-dealkylation sites (N-methyl/N-ethyl adjacent to an activating group) is 1. The molecule has 3 saturated heterocycles. The number of nitrogens with one attached hydrogen (secondary N) is 1. The van der Waals surface area contributed by atoms with E-state index in [1.54, 1.807) is 11.3 Å². The number of carbonyl (C=O) groups is 1. The number of hydrogen-bond acceptors (Lipinski definition) is 3. The Morgan fingerprint density at radius 1 is 1.23 bits per heavy atom. The van der Waals surface area contributed by atoms with Gasteiger partial charge < -0.3 is 26.2 Å². The lowest BCUT2D eigenvalue weighted by atomic mass is 9.84. The highest BCUT2D eigenvalue weighted by atomic mass is 79.9. The highest BCUT2D eigenvalue weighted by Gasteiger charge is 2.45. The van der Waals surface area contributed by atoms with Crippen LogP contribution in [0.15, 0.2) is 36.4 Å². The van der Waals surface area contributed by atoms with Gasteiger partial charge in [0.15, 0.2) is 6.10 Å². The van der Waals surface area contributed by atoms with Gasteiger partial charge in [0.1, 0.15) is 6.54 Å². The van der Waals surface area contributed by atoms with E-state index in [2.05, 4.69) is 31.4 Å². The number of thiophene rings is 1. The van der Waals surface area contributed by atoms with Crippen LogP contribution in [0.2, 0.25) is 0 Å². The largest absolute Gasteiger partial charge is 1.00 e. The standard InChI is InChI=1S/C20H24N2O2S.BrH/c1-14-12-17(19(25-14)16-6-4-3-5-7-16)21-20(23)24-18-13-22(2)10-8-15(18)9-11-22;/h3-7,12,15,18H,8-11,13H2,1-2H3;1H/t15?,18-,22?;/m0./s1. The molecule has 1 amide bonds. The summed E-state index contributed by atoms with van der Waals surface area (Å²) in [5.74, 6) is 0.531. The number of halogens is 1. The Morgan fingerprint density at radius 2 is 1.92 bits per heavy atom. The lowest BCUT2D eigenvalue weighted by Gasteiger charge is -2.49. The first-order valence-corrected chi connectivity index (χ1v) is 9.81. The first-order chi connectivity index (χ1) is 12.0. The van der Waals surface area contributed by atoms with Crippen LogP contribution in [0.3, 0.4) is 0 Å². The molecule has 0 spiro atoms. The number of nitrogens with zero attached hydrogens (tertiary/aromatic N) is 1. The summed E-state index contributed by atoms with van der Waals surface area (Å²) in [7, 11) is 2.28. The van der Waals surface area contributed by atoms with Gasteiger partial charge in [0, 0.05) is 23.6 Å². The Hall–Kier alpha value is -1.37. The van der Waals surface area contributed by atoms with Gasteiger partial charge in [-0.2, -0.15) is 0 Å². The number of aryl methyl sites for hydroxylation is 1. The third kappa shape index (κ3) is 3.97. The highest BCUT2D eigenvalue weighted by molar-refractivity contribution is 7.16. The molecular weight excluding hydrogens is 412 g/mol. The molecule has 2 aromatic rings. The van der Waals surface area contributed by atoms with Gasteiger partial charge in [-0.25, -0.2) is 4.79 Å². The van der Waals surface area contributed by atoms with Crippen LogP contribution in [0, 0.1) is 12.8 Å². The molecule has 0 aliphatic carbocycles. The second kappa shape index (κ2) is 7.71. The molecule has 140 valence electrons. The number of carbonyl (C=O) groups excluding carboxylic acids is 1. The average Bonchev–Trinajstić information content (AvgIpc) is 2.96. The van der Waals surface area contributed by atoms with Crippen LogP contribution in [0.25, 0.3) is 10.4 Å². The average molecular weight is 437 g/mol. The Bertz CT molecular complexity index is 769. The van der Waals surface area contributed by atoms with Crippen LogP contribution < -0.4 is 22.3 Å². The summed E-state index contributed by atoms with van der Waals surface area (Å²) in [5, 5.41) is 2.99. The molecule has 5 rings (SSSR count). The molecule has 4 heterocycles. The lowest BCUT2D eigenvalue weighted by Crippen LogP contribution is -3.00. The van der Waals surface area contributed by atoms with E-state index in [9.17, 15) is 4.79 Å². The number of fused-ring (bicyclic) bond motifs is 3. The van der Waals surface area contributed by atoms with Crippen molar-refractivity contribution in [2.45, 2.75) is 25.9 Å². The van der Waals surface area contributed by atoms with E-state index < -0.39 is 0 Å². The van der Waals surface area contributed by atoms with Gasteiger partial charge in [-0.15, -0.1) is 11.3 Å². The number of piperidine rings is 3. The Kier molecular flexibility index (Phi) is 5.75. The molecule has 1 aromatic carbocycles. The maximum Gasteiger partial charge on any atom is 0.412 e. The predicted octanol–water partition coefficient (Wildman–Crippen LogP) is 1.51. The first kappa shape index (κ1) is 19.4. The highest BCUT2D eigenvalue weighted by Crippen LogP contribution is 2.37. The summed E-state index contributed by atoms with van der Waals surface area (Å²) in [4.78, 5) is 14.8. The van der Waals surface area contributed by atoms with Crippen LogP contribution in [-0.2, 0) is 4.74 Å². The smallest absolute Gasteiger partial charge is 0.412 e. The van der Waals surface area contributed by atoms with Crippen LogP contribution in [0.1, 0.15) is 17.7 Å². The minimum atomic E-state index is -0.319. The molecule has 4 nitrogen and oxygen atoms in total. The molecule has 0 radical (unpaired) electrons. The summed E-state index contributed by atoms with van der Waals surface area (Å²) in [6.45, 7) is 5.44. The normalized spacial score (nSPS) is 26.8. The van der Waals surface area contributed by atoms with E-state index in [4.69, 9.17) is 4.74 Å². The van der Waals surface area contributed by atoms with Crippen LogP contribution in [-0.4, -0.2) is 43.4 Å². The van der Waals surface area contributed by atoms with Gasteiger partial charge in [-0.1, -0.05) is 30.3 Å². The number of hydrogen-bond donors (Lipinski definition) is 1. The summed E-state index contributed by atoms with van der Waals surface area (Å²) in [5.41, 5.74) is 1.97. The number of amides is 1. The van der Waals surface area contributed by atoms with Crippen molar-refractivity contribution >= 4 is 23.1 Å². The molecule has 6 heteroatoms. The van der Waals surface area contributed by atoms with E-state index >= 15 is 0 Å². The van der Waals surface area contributed by atoms with E-state index in [0.29, 0.717) is 5.92 Å². The summed E-state index contributed by atoms with van der Waals surface area (Å²) in [6, 6.07) is 12.2. The number of ether oxygens (including phenoxy) is 1. The molecule has 3 aliphatic heterocycles. The predicted molar refractivity (Wildman–Crippen MR) is 102 cm³/mol. The molecule has 1 N–H and O–H groups in total. The van der Waals surface area contributed by atoms with Crippen LogP contribution in [0.4, 0.5) is 10.5 Å². The maximum atomic E-state index is 12.5. The number of rotatable bonds is 3. The summed E-state index contributed by atoms with van der Waals surface area (Å²) >= 11 is 1.69. The first-order valence-electron chi connectivity index (χ1n) is 8.99. The third-order valence-electron chi connectivity index (χ3n) is 5.61. The molecule has 0 saturated carbocycles. The fraction of sp³-hybridized carbons (Fsp3) is 0.450. The van der Waals surface area contributed by atoms with Crippen LogP contribution in [0.5, 0.6) is 0 Å². The number of benzene rings is 1. The number of quaternary nitrogens is 1. The van der Waals surface area contributed by atoms with Gasteiger partial charge in [0.2, 0.25) is 0 Å². The zero-order chi connectivity index (χ0) is 17.4. The van der Waals surface area contributed by atoms with Crippen molar-refractivity contribution < 1.29 is 31.0 Å². The van der Waals surface area contributed by atoms with Gasteiger partial charge >= 0.3 is 6.09 Å². The molecule has 3 fully saturated rings. The van der Waals surface area contributed by atoms with E-state index in [-0.39, 0.29) is 29.2 Å².